The molecule has 0 aliphatic rings. The highest BCUT2D eigenvalue weighted by atomic mass is 16.5. The van der Waals surface area contributed by atoms with Crippen LogP contribution in [0.4, 0.5) is 0 Å². The molecule has 0 aliphatic carbocycles. The van der Waals surface area contributed by atoms with Gasteiger partial charge in [-0.25, -0.2) is 0 Å². The first-order valence-electron chi connectivity index (χ1n) is 3.49. The van der Waals surface area contributed by atoms with E-state index in [-0.39, 0.29) is 5.97 Å². The van der Waals surface area contributed by atoms with Gasteiger partial charge in [-0.05, 0) is 19.8 Å². The maximum atomic E-state index is 10.5. The summed E-state index contributed by atoms with van der Waals surface area (Å²) in [6, 6.07) is 0. The number of hydrogen-bond donors (Lipinski definition) is 0. The molecule has 0 atom stereocenters. The summed E-state index contributed by atoms with van der Waals surface area (Å²) in [6.45, 7) is 1.97. The Morgan fingerprint density at radius 2 is 2.30 bits per heavy atom. The van der Waals surface area contributed by atoms with Gasteiger partial charge >= 0.3 is 5.97 Å². The van der Waals surface area contributed by atoms with Crippen molar-refractivity contribution in [3.8, 4) is 0 Å². The Morgan fingerprint density at radius 3 is 2.80 bits per heavy atom. The lowest BCUT2D eigenvalue weighted by Gasteiger charge is -1.94. The highest BCUT2D eigenvalue weighted by Gasteiger charge is 1.96. The Balaban J connectivity index is 3.11. The average molecular weight is 142 g/mol. The standard InChI is InChI=1S/C8H14O2/c1-3-4-5-6-7-8(9)10-2/h3-4H,5-7H2,1-2H3/b4-3-. The second-order valence-electron chi connectivity index (χ2n) is 2.04. The third kappa shape index (κ3) is 5.35. The Kier molecular flexibility index (Phi) is 5.83. The summed E-state index contributed by atoms with van der Waals surface area (Å²) in [7, 11) is 1.41. The van der Waals surface area contributed by atoms with Gasteiger partial charge in [0, 0.05) is 6.42 Å². The molecule has 2 nitrogen and oxygen atoms in total. The number of unbranched alkanes of at least 4 members (excludes halogenated alkanes) is 1. The van der Waals surface area contributed by atoms with Gasteiger partial charge in [-0.2, -0.15) is 0 Å². The summed E-state index contributed by atoms with van der Waals surface area (Å²) in [5.41, 5.74) is 0. The van der Waals surface area contributed by atoms with Crippen molar-refractivity contribution in [2.45, 2.75) is 26.2 Å². The molecule has 0 saturated heterocycles. The second-order valence-corrected chi connectivity index (χ2v) is 2.04. The molecule has 0 fully saturated rings. The summed E-state index contributed by atoms with van der Waals surface area (Å²) >= 11 is 0. The Bertz CT molecular complexity index is 116. The van der Waals surface area contributed by atoms with Gasteiger partial charge in [0.25, 0.3) is 0 Å². The van der Waals surface area contributed by atoms with E-state index in [4.69, 9.17) is 0 Å². The number of allylic oxidation sites excluding steroid dienone is 2. The van der Waals surface area contributed by atoms with Crippen LogP contribution in [-0.2, 0) is 9.53 Å². The molecule has 2 heteroatoms. The normalized spacial score (nSPS) is 10.2. The number of ether oxygens (including phenoxy) is 1. The summed E-state index contributed by atoms with van der Waals surface area (Å²) < 4.78 is 4.47. The maximum Gasteiger partial charge on any atom is 0.305 e. The molecule has 0 aromatic rings. The molecule has 0 bridgehead atoms. The highest BCUT2D eigenvalue weighted by Crippen LogP contribution is 1.97. The van der Waals surface area contributed by atoms with E-state index in [1.807, 2.05) is 19.1 Å². The summed E-state index contributed by atoms with van der Waals surface area (Å²) in [6.07, 6.45) is 6.41. The summed E-state index contributed by atoms with van der Waals surface area (Å²) in [4.78, 5) is 10.5. The van der Waals surface area contributed by atoms with Crippen molar-refractivity contribution in [3.05, 3.63) is 12.2 Å². The molecular formula is C8H14O2. The highest BCUT2D eigenvalue weighted by molar-refractivity contribution is 5.68. The van der Waals surface area contributed by atoms with E-state index in [1.165, 1.54) is 7.11 Å². The third-order valence-electron chi connectivity index (χ3n) is 1.22. The van der Waals surface area contributed by atoms with Crippen molar-refractivity contribution in [2.24, 2.45) is 0 Å². The SMILES string of the molecule is C/C=C\CCCC(=O)OC. The zero-order chi connectivity index (χ0) is 7.82. The van der Waals surface area contributed by atoms with Crippen LogP contribution in [0.25, 0.3) is 0 Å². The number of esters is 1. The first-order valence-corrected chi connectivity index (χ1v) is 3.49. The number of hydrogen-bond acceptors (Lipinski definition) is 2. The van der Waals surface area contributed by atoms with Crippen molar-refractivity contribution in [1.82, 2.24) is 0 Å². The van der Waals surface area contributed by atoms with Gasteiger partial charge in [0.1, 0.15) is 0 Å². The lowest BCUT2D eigenvalue weighted by Crippen LogP contribution is -1.98. The van der Waals surface area contributed by atoms with Gasteiger partial charge in [0.15, 0.2) is 0 Å². The largest absolute Gasteiger partial charge is 0.469 e. The molecule has 0 N–H and O–H groups in total. The minimum atomic E-state index is -0.121. The van der Waals surface area contributed by atoms with Crippen LogP contribution in [0.15, 0.2) is 12.2 Å². The zero-order valence-corrected chi connectivity index (χ0v) is 6.59. The molecule has 0 aliphatic heterocycles. The van der Waals surface area contributed by atoms with Crippen LogP contribution in [0.1, 0.15) is 26.2 Å². The van der Waals surface area contributed by atoms with Gasteiger partial charge in [-0.15, -0.1) is 0 Å². The van der Waals surface area contributed by atoms with Crippen molar-refractivity contribution >= 4 is 5.97 Å². The van der Waals surface area contributed by atoms with Gasteiger partial charge in [-0.1, -0.05) is 12.2 Å². The monoisotopic (exact) mass is 142 g/mol. The van der Waals surface area contributed by atoms with Crippen LogP contribution in [-0.4, -0.2) is 13.1 Å². The van der Waals surface area contributed by atoms with Gasteiger partial charge in [-0.3, -0.25) is 4.79 Å². The molecule has 0 spiro atoms. The molecular weight excluding hydrogens is 128 g/mol. The first kappa shape index (κ1) is 9.21. The van der Waals surface area contributed by atoms with E-state index in [0.29, 0.717) is 6.42 Å². The van der Waals surface area contributed by atoms with Gasteiger partial charge in [0.05, 0.1) is 7.11 Å². The van der Waals surface area contributed by atoms with E-state index in [2.05, 4.69) is 4.74 Å². The minimum absolute atomic E-state index is 0.121. The van der Waals surface area contributed by atoms with E-state index >= 15 is 0 Å². The number of carbonyl (C=O) groups excluding carboxylic acids is 1. The molecule has 0 rings (SSSR count). The number of methoxy groups -OCH3 is 1. The predicted octanol–water partition coefficient (Wildman–Crippen LogP) is 1.91. The van der Waals surface area contributed by atoms with Crippen LogP contribution in [0.5, 0.6) is 0 Å². The number of carbonyl (C=O) groups is 1. The van der Waals surface area contributed by atoms with Gasteiger partial charge in [0.2, 0.25) is 0 Å². The second kappa shape index (κ2) is 6.33. The molecule has 0 amide bonds. The molecule has 0 radical (unpaired) electrons. The van der Waals surface area contributed by atoms with E-state index in [9.17, 15) is 4.79 Å². The fraction of sp³-hybridized carbons (Fsp3) is 0.625. The predicted molar refractivity (Wildman–Crippen MR) is 40.7 cm³/mol. The fourth-order valence-electron chi connectivity index (χ4n) is 0.633. The quantitative estimate of drug-likeness (QED) is 0.340. The zero-order valence-electron chi connectivity index (χ0n) is 6.59. The van der Waals surface area contributed by atoms with E-state index in [1.54, 1.807) is 0 Å². The molecule has 0 heterocycles. The van der Waals surface area contributed by atoms with Crippen molar-refractivity contribution in [2.75, 3.05) is 7.11 Å². The smallest absolute Gasteiger partial charge is 0.305 e. The molecule has 0 aromatic heterocycles. The topological polar surface area (TPSA) is 26.3 Å². The van der Waals surface area contributed by atoms with Crippen LogP contribution in [0.3, 0.4) is 0 Å². The van der Waals surface area contributed by atoms with Crippen molar-refractivity contribution in [3.63, 3.8) is 0 Å². The van der Waals surface area contributed by atoms with E-state index < -0.39 is 0 Å². The van der Waals surface area contributed by atoms with E-state index in [0.717, 1.165) is 12.8 Å². The summed E-state index contributed by atoms with van der Waals surface area (Å²) in [5.74, 6) is -0.121. The number of rotatable bonds is 4. The van der Waals surface area contributed by atoms with Crippen LogP contribution >= 0.6 is 0 Å². The van der Waals surface area contributed by atoms with Crippen LogP contribution < -0.4 is 0 Å². The maximum absolute atomic E-state index is 10.5. The lowest BCUT2D eigenvalue weighted by molar-refractivity contribution is -0.140. The Morgan fingerprint density at radius 1 is 1.60 bits per heavy atom. The van der Waals surface area contributed by atoms with Crippen LogP contribution in [0.2, 0.25) is 0 Å². The molecule has 0 aromatic carbocycles. The Labute approximate surface area is 61.9 Å². The molecule has 58 valence electrons. The lowest BCUT2D eigenvalue weighted by atomic mass is 10.2. The fourth-order valence-corrected chi connectivity index (χ4v) is 0.633. The third-order valence-corrected chi connectivity index (χ3v) is 1.22. The molecule has 10 heavy (non-hydrogen) atoms. The van der Waals surface area contributed by atoms with Crippen LogP contribution in [0, 0.1) is 0 Å². The summed E-state index contributed by atoms with van der Waals surface area (Å²) in [5, 5.41) is 0. The Hall–Kier alpha value is -0.790. The van der Waals surface area contributed by atoms with Crippen molar-refractivity contribution in [1.29, 1.82) is 0 Å². The first-order chi connectivity index (χ1) is 4.81. The minimum Gasteiger partial charge on any atom is -0.469 e. The molecule has 0 saturated carbocycles. The average Bonchev–Trinajstić information content (AvgIpc) is 1.98. The van der Waals surface area contributed by atoms with Gasteiger partial charge < -0.3 is 4.74 Å². The molecule has 0 unspecified atom stereocenters. The van der Waals surface area contributed by atoms with Crippen molar-refractivity contribution < 1.29 is 9.53 Å².